The molecule has 1 heterocycles. The third-order valence-corrected chi connectivity index (χ3v) is 2.21. The number of carbonyl (C=O) groups is 2. The van der Waals surface area contributed by atoms with Gasteiger partial charge in [-0.2, -0.15) is 0 Å². The number of aliphatic carboxylic acids is 1. The molecule has 78 valence electrons. The first-order valence-electron chi connectivity index (χ1n) is 4.55. The molecule has 15 heavy (non-hydrogen) atoms. The van der Waals surface area contributed by atoms with E-state index in [0.29, 0.717) is 5.69 Å². The molecule has 1 aliphatic heterocycles. The van der Waals surface area contributed by atoms with Gasteiger partial charge < -0.3 is 15.7 Å². The molecule has 5 heteroatoms. The average Bonchev–Trinajstić information content (AvgIpc) is 2.18. The highest BCUT2D eigenvalue weighted by atomic mass is 16.4. The molecule has 0 saturated heterocycles. The molecular formula is C10H10N2O3. The Hall–Kier alpha value is -2.04. The van der Waals surface area contributed by atoms with E-state index in [9.17, 15) is 9.59 Å². The summed E-state index contributed by atoms with van der Waals surface area (Å²) in [5, 5.41) is 14.1. The van der Waals surface area contributed by atoms with Crippen molar-refractivity contribution >= 4 is 23.3 Å². The lowest BCUT2D eigenvalue weighted by Gasteiger charge is -2.25. The fraction of sp³-hybridized carbons (Fsp3) is 0.200. The van der Waals surface area contributed by atoms with Crippen LogP contribution < -0.4 is 10.6 Å². The molecule has 5 nitrogen and oxygen atoms in total. The lowest BCUT2D eigenvalue weighted by Crippen LogP contribution is -2.40. The summed E-state index contributed by atoms with van der Waals surface area (Å²) in [6.07, 6.45) is -0.222. The number of para-hydroxylation sites is 2. The molecule has 1 aromatic carbocycles. The Labute approximate surface area is 86.1 Å². The number of carboxylic acids is 1. The first kappa shape index (κ1) is 9.51. The lowest BCUT2D eigenvalue weighted by atomic mass is 10.1. The minimum Gasteiger partial charge on any atom is -0.481 e. The Morgan fingerprint density at radius 3 is 2.67 bits per heavy atom. The van der Waals surface area contributed by atoms with Gasteiger partial charge in [-0.15, -0.1) is 0 Å². The van der Waals surface area contributed by atoms with Crippen molar-refractivity contribution in [2.45, 2.75) is 12.5 Å². The molecule has 0 aromatic heterocycles. The van der Waals surface area contributed by atoms with Crippen LogP contribution in [0.1, 0.15) is 6.42 Å². The van der Waals surface area contributed by atoms with Gasteiger partial charge in [-0.3, -0.25) is 9.59 Å². The number of carbonyl (C=O) groups excluding carboxylic acids is 1. The maximum absolute atomic E-state index is 11.5. The van der Waals surface area contributed by atoms with Crippen molar-refractivity contribution in [2.75, 3.05) is 10.6 Å². The number of rotatable bonds is 2. The molecule has 1 aliphatic rings. The van der Waals surface area contributed by atoms with Crippen LogP contribution >= 0.6 is 0 Å². The fourth-order valence-corrected chi connectivity index (χ4v) is 1.51. The van der Waals surface area contributed by atoms with Gasteiger partial charge in [0.1, 0.15) is 6.04 Å². The highest BCUT2D eigenvalue weighted by Gasteiger charge is 2.26. The molecule has 0 aliphatic carbocycles. The number of nitrogens with one attached hydrogen (secondary N) is 2. The molecule has 0 unspecified atom stereocenters. The number of fused-ring (bicyclic) bond motifs is 1. The van der Waals surface area contributed by atoms with Crippen molar-refractivity contribution in [3.8, 4) is 0 Å². The molecule has 0 saturated carbocycles. The van der Waals surface area contributed by atoms with Crippen LogP contribution in [0.2, 0.25) is 0 Å². The van der Waals surface area contributed by atoms with Crippen molar-refractivity contribution in [3.63, 3.8) is 0 Å². The lowest BCUT2D eigenvalue weighted by molar-refractivity contribution is -0.138. The minimum absolute atomic E-state index is 0.222. The van der Waals surface area contributed by atoms with E-state index in [4.69, 9.17) is 5.11 Å². The van der Waals surface area contributed by atoms with E-state index in [1.165, 1.54) is 0 Å². The van der Waals surface area contributed by atoms with E-state index in [-0.39, 0.29) is 12.3 Å². The first-order chi connectivity index (χ1) is 7.16. The van der Waals surface area contributed by atoms with Gasteiger partial charge >= 0.3 is 5.97 Å². The average molecular weight is 206 g/mol. The Kier molecular flexibility index (Phi) is 2.29. The van der Waals surface area contributed by atoms with Crippen LogP contribution in [0, 0.1) is 0 Å². The standard InChI is InChI=1S/C10H10N2O3/c13-9(14)5-8-10(15)12-7-4-2-1-3-6(7)11-8/h1-4,8,11H,5H2,(H,12,15)(H,13,14)/t8-/m0/s1. The van der Waals surface area contributed by atoms with Gasteiger partial charge in [0.15, 0.2) is 0 Å². The van der Waals surface area contributed by atoms with Crippen LogP contribution in [0.25, 0.3) is 0 Å². The maximum atomic E-state index is 11.5. The van der Waals surface area contributed by atoms with Crippen LogP contribution in [-0.4, -0.2) is 23.0 Å². The summed E-state index contributed by atoms with van der Waals surface area (Å²) < 4.78 is 0. The minimum atomic E-state index is -0.998. The number of amides is 1. The van der Waals surface area contributed by atoms with E-state index in [1.807, 2.05) is 6.07 Å². The number of benzene rings is 1. The van der Waals surface area contributed by atoms with Gasteiger partial charge in [-0.1, -0.05) is 12.1 Å². The fourth-order valence-electron chi connectivity index (χ4n) is 1.51. The monoisotopic (exact) mass is 206 g/mol. The Bertz CT molecular complexity index is 417. The zero-order valence-corrected chi connectivity index (χ0v) is 7.86. The topological polar surface area (TPSA) is 78.4 Å². The number of hydrogen-bond acceptors (Lipinski definition) is 3. The number of anilines is 2. The molecule has 2 rings (SSSR count). The molecule has 1 atom stereocenters. The largest absolute Gasteiger partial charge is 0.481 e. The smallest absolute Gasteiger partial charge is 0.305 e. The molecule has 0 radical (unpaired) electrons. The van der Waals surface area contributed by atoms with E-state index in [1.54, 1.807) is 18.2 Å². The maximum Gasteiger partial charge on any atom is 0.305 e. The number of hydrogen-bond donors (Lipinski definition) is 3. The summed E-state index contributed by atoms with van der Waals surface area (Å²) in [4.78, 5) is 22.0. The zero-order chi connectivity index (χ0) is 10.8. The summed E-state index contributed by atoms with van der Waals surface area (Å²) in [6.45, 7) is 0. The summed E-state index contributed by atoms with van der Waals surface area (Å²) in [5.74, 6) is -1.31. The Morgan fingerprint density at radius 2 is 2.00 bits per heavy atom. The van der Waals surface area contributed by atoms with E-state index in [2.05, 4.69) is 10.6 Å². The highest BCUT2D eigenvalue weighted by molar-refractivity contribution is 6.04. The van der Waals surface area contributed by atoms with Crippen molar-refractivity contribution < 1.29 is 14.7 Å². The molecule has 0 bridgehead atoms. The van der Waals surface area contributed by atoms with E-state index >= 15 is 0 Å². The first-order valence-corrected chi connectivity index (χ1v) is 4.55. The van der Waals surface area contributed by atoms with Gasteiger partial charge in [-0.25, -0.2) is 0 Å². The summed E-state index contributed by atoms with van der Waals surface area (Å²) >= 11 is 0. The normalized spacial score (nSPS) is 18.7. The Balaban J connectivity index is 2.22. The van der Waals surface area contributed by atoms with Gasteiger partial charge in [-0.05, 0) is 12.1 Å². The van der Waals surface area contributed by atoms with Crippen LogP contribution in [0.4, 0.5) is 11.4 Å². The van der Waals surface area contributed by atoms with Crippen molar-refractivity contribution in [2.24, 2.45) is 0 Å². The van der Waals surface area contributed by atoms with Crippen molar-refractivity contribution in [3.05, 3.63) is 24.3 Å². The van der Waals surface area contributed by atoms with Crippen LogP contribution in [0.15, 0.2) is 24.3 Å². The van der Waals surface area contributed by atoms with Crippen molar-refractivity contribution in [1.29, 1.82) is 0 Å². The van der Waals surface area contributed by atoms with Crippen LogP contribution in [-0.2, 0) is 9.59 Å². The predicted molar refractivity (Wildman–Crippen MR) is 54.7 cm³/mol. The molecular weight excluding hydrogens is 196 g/mol. The second kappa shape index (κ2) is 3.61. The summed E-state index contributed by atoms with van der Waals surface area (Å²) in [5.41, 5.74) is 1.44. The molecule has 0 fully saturated rings. The van der Waals surface area contributed by atoms with E-state index in [0.717, 1.165) is 5.69 Å². The van der Waals surface area contributed by atoms with Crippen molar-refractivity contribution in [1.82, 2.24) is 0 Å². The zero-order valence-electron chi connectivity index (χ0n) is 7.86. The summed E-state index contributed by atoms with van der Waals surface area (Å²) in [7, 11) is 0. The molecule has 1 aromatic rings. The predicted octanol–water partition coefficient (Wildman–Crippen LogP) is 0.894. The third kappa shape index (κ3) is 1.90. The van der Waals surface area contributed by atoms with E-state index < -0.39 is 12.0 Å². The second-order valence-corrected chi connectivity index (χ2v) is 3.33. The molecule has 1 amide bonds. The quantitative estimate of drug-likeness (QED) is 0.671. The highest BCUT2D eigenvalue weighted by Crippen LogP contribution is 2.26. The Morgan fingerprint density at radius 1 is 1.33 bits per heavy atom. The van der Waals surface area contributed by atoms with Gasteiger partial charge in [0.25, 0.3) is 0 Å². The second-order valence-electron chi connectivity index (χ2n) is 3.33. The number of carboxylic acid groups (broad SMARTS) is 1. The van der Waals surface area contributed by atoms with Crippen LogP contribution in [0.5, 0.6) is 0 Å². The SMILES string of the molecule is O=C(O)C[C@@H]1Nc2ccccc2NC1=O. The van der Waals surface area contributed by atoms with Gasteiger partial charge in [0.2, 0.25) is 5.91 Å². The van der Waals surface area contributed by atoms with Gasteiger partial charge in [0, 0.05) is 0 Å². The molecule has 0 spiro atoms. The molecule has 3 N–H and O–H groups in total. The summed E-state index contributed by atoms with van der Waals surface area (Å²) in [6, 6.07) is 6.48. The third-order valence-electron chi connectivity index (χ3n) is 2.21. The van der Waals surface area contributed by atoms with Gasteiger partial charge in [0.05, 0.1) is 17.8 Å². The van der Waals surface area contributed by atoms with Crippen LogP contribution in [0.3, 0.4) is 0 Å².